The highest BCUT2D eigenvalue weighted by Crippen LogP contribution is 2.26. The lowest BCUT2D eigenvalue weighted by Crippen LogP contribution is -2.31. The van der Waals surface area contributed by atoms with Crippen LogP contribution in [0.1, 0.15) is 24.1 Å². The molecule has 0 aromatic heterocycles. The zero-order valence-corrected chi connectivity index (χ0v) is 18.3. The van der Waals surface area contributed by atoms with Gasteiger partial charge in [0, 0.05) is 29.8 Å². The number of nitriles is 1. The summed E-state index contributed by atoms with van der Waals surface area (Å²) in [7, 11) is 3.82. The summed E-state index contributed by atoms with van der Waals surface area (Å²) in [6.07, 6.45) is 1.41. The van der Waals surface area contributed by atoms with E-state index in [-0.39, 0.29) is 5.57 Å². The minimum absolute atomic E-state index is 0.200. The fraction of sp³-hybridized carbons (Fsp3) is 0.227. The van der Waals surface area contributed by atoms with E-state index in [1.54, 1.807) is 43.3 Å². The molecule has 0 saturated heterocycles. The molecule has 156 valence electrons. The van der Waals surface area contributed by atoms with Crippen LogP contribution < -0.4 is 10.2 Å². The van der Waals surface area contributed by atoms with Gasteiger partial charge in [0.25, 0.3) is 5.91 Å². The van der Waals surface area contributed by atoms with Gasteiger partial charge in [-0.3, -0.25) is 4.79 Å². The predicted molar refractivity (Wildman–Crippen MR) is 118 cm³/mol. The minimum atomic E-state index is -0.874. The molecule has 0 heterocycles. The summed E-state index contributed by atoms with van der Waals surface area (Å²) in [4.78, 5) is 26.2. The Bertz CT molecular complexity index is 996. The van der Waals surface area contributed by atoms with E-state index in [9.17, 15) is 14.9 Å². The molecule has 0 bridgehead atoms. The molecule has 0 spiro atoms. The maximum Gasteiger partial charge on any atom is 0.349 e. The lowest BCUT2D eigenvalue weighted by atomic mass is 10.1. The molecule has 0 aliphatic rings. The number of carbonyl (C=O) groups excluding carboxylic acids is 2. The van der Waals surface area contributed by atoms with Crippen LogP contribution in [0.3, 0.4) is 0 Å². The molecule has 0 radical (unpaired) electrons. The standard InChI is InChI=1S/C22H21Cl2N3O3/c1-14(19-9-6-17(23)11-20(19)24)26-21(28)13-30-22(29)16(12-25)10-15-4-7-18(8-5-15)27(2)3/h4-11,14H,13H2,1-3H3,(H,26,28)/b16-10-. The van der Waals surface area contributed by atoms with Crippen molar-refractivity contribution >= 4 is 46.8 Å². The average molecular weight is 446 g/mol. The summed E-state index contributed by atoms with van der Waals surface area (Å²) >= 11 is 12.0. The van der Waals surface area contributed by atoms with Crippen molar-refractivity contribution < 1.29 is 14.3 Å². The van der Waals surface area contributed by atoms with Crippen LogP contribution in [-0.4, -0.2) is 32.6 Å². The number of carbonyl (C=O) groups is 2. The first-order chi connectivity index (χ1) is 14.2. The van der Waals surface area contributed by atoms with Gasteiger partial charge in [0.05, 0.1) is 6.04 Å². The number of hydrogen-bond donors (Lipinski definition) is 1. The van der Waals surface area contributed by atoms with Gasteiger partial charge in [0.2, 0.25) is 0 Å². The smallest absolute Gasteiger partial charge is 0.349 e. The number of nitrogens with one attached hydrogen (secondary N) is 1. The average Bonchev–Trinajstić information content (AvgIpc) is 2.70. The Labute approximate surface area is 185 Å². The first-order valence-electron chi connectivity index (χ1n) is 9.02. The highest BCUT2D eigenvalue weighted by Gasteiger charge is 2.16. The van der Waals surface area contributed by atoms with E-state index in [0.29, 0.717) is 21.2 Å². The summed E-state index contributed by atoms with van der Waals surface area (Å²) < 4.78 is 4.97. The summed E-state index contributed by atoms with van der Waals surface area (Å²) in [5.41, 5.74) is 2.14. The number of anilines is 1. The van der Waals surface area contributed by atoms with E-state index >= 15 is 0 Å². The largest absolute Gasteiger partial charge is 0.451 e. The van der Waals surface area contributed by atoms with E-state index in [2.05, 4.69) is 5.32 Å². The fourth-order valence-electron chi connectivity index (χ4n) is 2.59. The second-order valence-electron chi connectivity index (χ2n) is 6.69. The normalized spacial score (nSPS) is 11.9. The van der Waals surface area contributed by atoms with Gasteiger partial charge in [0.15, 0.2) is 6.61 Å². The fourth-order valence-corrected chi connectivity index (χ4v) is 3.17. The number of rotatable bonds is 7. The molecule has 0 aliphatic carbocycles. The number of amides is 1. The number of nitrogens with zero attached hydrogens (tertiary/aromatic N) is 2. The molecule has 2 rings (SSSR count). The molecule has 1 atom stereocenters. The van der Waals surface area contributed by atoms with Crippen LogP contribution in [0.2, 0.25) is 10.0 Å². The summed E-state index contributed by atoms with van der Waals surface area (Å²) in [6, 6.07) is 13.6. The first kappa shape index (κ1) is 23.3. The Balaban J connectivity index is 1.95. The third kappa shape index (κ3) is 6.51. The predicted octanol–water partition coefficient (Wildman–Crippen LogP) is 4.39. The van der Waals surface area contributed by atoms with Crippen molar-refractivity contribution in [1.82, 2.24) is 5.32 Å². The molecule has 0 fully saturated rings. The zero-order chi connectivity index (χ0) is 22.3. The molecule has 0 aliphatic heterocycles. The molecule has 1 unspecified atom stereocenters. The van der Waals surface area contributed by atoms with Crippen LogP contribution in [0, 0.1) is 11.3 Å². The third-order valence-electron chi connectivity index (χ3n) is 4.20. The van der Waals surface area contributed by atoms with E-state index < -0.39 is 24.5 Å². The van der Waals surface area contributed by atoms with Crippen molar-refractivity contribution in [3.05, 3.63) is 69.2 Å². The molecule has 0 saturated carbocycles. The molecular formula is C22H21Cl2N3O3. The minimum Gasteiger partial charge on any atom is -0.451 e. The summed E-state index contributed by atoms with van der Waals surface area (Å²) in [5.74, 6) is -1.39. The van der Waals surface area contributed by atoms with E-state index in [1.807, 2.05) is 31.1 Å². The molecule has 30 heavy (non-hydrogen) atoms. The second kappa shape index (κ2) is 10.7. The topological polar surface area (TPSA) is 82.4 Å². The van der Waals surface area contributed by atoms with Crippen molar-refractivity contribution in [2.24, 2.45) is 0 Å². The number of hydrogen-bond acceptors (Lipinski definition) is 5. The Kier molecular flexibility index (Phi) is 8.28. The van der Waals surface area contributed by atoms with Crippen molar-refractivity contribution in [3.8, 4) is 6.07 Å². The zero-order valence-electron chi connectivity index (χ0n) is 16.8. The van der Waals surface area contributed by atoms with Gasteiger partial charge >= 0.3 is 5.97 Å². The van der Waals surface area contributed by atoms with Gasteiger partial charge in [-0.05, 0) is 48.4 Å². The van der Waals surface area contributed by atoms with Crippen LogP contribution in [-0.2, 0) is 14.3 Å². The number of halogens is 2. The van der Waals surface area contributed by atoms with Crippen molar-refractivity contribution in [2.75, 3.05) is 25.6 Å². The van der Waals surface area contributed by atoms with Gasteiger partial charge in [0.1, 0.15) is 11.6 Å². The lowest BCUT2D eigenvalue weighted by Gasteiger charge is -2.16. The molecule has 1 N–H and O–H groups in total. The number of esters is 1. The SMILES string of the molecule is CC(NC(=O)COC(=O)/C(C#N)=C\c1ccc(N(C)C)cc1)c1ccc(Cl)cc1Cl. The van der Waals surface area contributed by atoms with Gasteiger partial charge in [-0.25, -0.2) is 4.79 Å². The van der Waals surface area contributed by atoms with Gasteiger partial charge in [-0.2, -0.15) is 5.26 Å². The first-order valence-corrected chi connectivity index (χ1v) is 9.77. The Morgan fingerprint density at radius 2 is 1.87 bits per heavy atom. The molecule has 2 aromatic carbocycles. The Morgan fingerprint density at radius 1 is 1.20 bits per heavy atom. The highest BCUT2D eigenvalue weighted by atomic mass is 35.5. The van der Waals surface area contributed by atoms with Crippen molar-refractivity contribution in [3.63, 3.8) is 0 Å². The van der Waals surface area contributed by atoms with Crippen LogP contribution in [0.4, 0.5) is 5.69 Å². The van der Waals surface area contributed by atoms with Crippen molar-refractivity contribution in [2.45, 2.75) is 13.0 Å². The summed E-state index contributed by atoms with van der Waals surface area (Å²) in [6.45, 7) is 1.22. The highest BCUT2D eigenvalue weighted by molar-refractivity contribution is 6.35. The Morgan fingerprint density at radius 3 is 2.43 bits per heavy atom. The maximum atomic E-state index is 12.2. The lowest BCUT2D eigenvalue weighted by molar-refractivity contribution is -0.144. The van der Waals surface area contributed by atoms with E-state index in [4.69, 9.17) is 27.9 Å². The van der Waals surface area contributed by atoms with Crippen LogP contribution in [0.15, 0.2) is 48.0 Å². The molecule has 6 nitrogen and oxygen atoms in total. The Hall–Kier alpha value is -3.01. The molecule has 2 aromatic rings. The summed E-state index contributed by atoms with van der Waals surface area (Å²) in [5, 5.41) is 12.9. The molecule has 1 amide bonds. The third-order valence-corrected chi connectivity index (χ3v) is 4.76. The number of ether oxygens (including phenoxy) is 1. The quantitative estimate of drug-likeness (QED) is 0.388. The van der Waals surface area contributed by atoms with Gasteiger partial charge in [-0.15, -0.1) is 0 Å². The molecular weight excluding hydrogens is 425 g/mol. The van der Waals surface area contributed by atoms with E-state index in [1.165, 1.54) is 6.08 Å². The molecule has 8 heteroatoms. The monoisotopic (exact) mass is 445 g/mol. The van der Waals surface area contributed by atoms with Gasteiger partial charge < -0.3 is 15.0 Å². The van der Waals surface area contributed by atoms with Crippen LogP contribution in [0.25, 0.3) is 6.08 Å². The van der Waals surface area contributed by atoms with Gasteiger partial charge in [-0.1, -0.05) is 41.4 Å². The van der Waals surface area contributed by atoms with E-state index in [0.717, 1.165) is 5.69 Å². The number of benzene rings is 2. The van der Waals surface area contributed by atoms with Crippen LogP contribution in [0.5, 0.6) is 0 Å². The second-order valence-corrected chi connectivity index (χ2v) is 7.53. The maximum absolute atomic E-state index is 12.2. The van der Waals surface area contributed by atoms with Crippen molar-refractivity contribution in [1.29, 1.82) is 5.26 Å². The van der Waals surface area contributed by atoms with Crippen LogP contribution >= 0.6 is 23.2 Å².